The van der Waals surface area contributed by atoms with E-state index < -0.39 is 0 Å². The fraction of sp³-hybridized carbons (Fsp3) is 0.0769. The van der Waals surface area contributed by atoms with Crippen molar-refractivity contribution in [1.29, 1.82) is 5.26 Å². The van der Waals surface area contributed by atoms with Crippen LogP contribution in [-0.4, -0.2) is 16.1 Å². The van der Waals surface area contributed by atoms with Crippen LogP contribution in [0.2, 0.25) is 5.15 Å². The Morgan fingerprint density at radius 3 is 2.53 bits per heavy atom. The normalized spacial score (nSPS) is 9.68. The van der Waals surface area contributed by atoms with E-state index in [0.29, 0.717) is 12.1 Å². The predicted octanol–water partition coefficient (Wildman–Crippen LogP) is 2.45. The number of nitrogens with zero attached hydrogens (tertiary/aromatic N) is 3. The lowest BCUT2D eigenvalue weighted by molar-refractivity contribution is 0.102. The highest BCUT2D eigenvalue weighted by atomic mass is 35.5. The van der Waals surface area contributed by atoms with Crippen molar-refractivity contribution < 1.29 is 4.79 Å². The molecule has 1 aromatic heterocycles. The maximum atomic E-state index is 11.8. The van der Waals surface area contributed by atoms with Crippen molar-refractivity contribution in [2.24, 2.45) is 0 Å². The first-order valence-corrected chi connectivity index (χ1v) is 5.83. The summed E-state index contributed by atoms with van der Waals surface area (Å²) in [5.41, 5.74) is 1.71. The minimum absolute atomic E-state index is 0.186. The lowest BCUT2D eigenvalue weighted by Crippen LogP contribution is -2.14. The Morgan fingerprint density at radius 1 is 1.21 bits per heavy atom. The molecule has 2 aromatic rings. The summed E-state index contributed by atoms with van der Waals surface area (Å²) in [7, 11) is 0. The number of benzene rings is 1. The van der Waals surface area contributed by atoms with Gasteiger partial charge in [-0.25, -0.2) is 0 Å². The van der Waals surface area contributed by atoms with Gasteiger partial charge in [0.15, 0.2) is 10.8 Å². The van der Waals surface area contributed by atoms with Crippen molar-refractivity contribution in [1.82, 2.24) is 10.2 Å². The maximum absolute atomic E-state index is 11.8. The summed E-state index contributed by atoms with van der Waals surface area (Å²) in [4.78, 5) is 11.8. The molecule has 0 aliphatic carbocycles. The van der Waals surface area contributed by atoms with Gasteiger partial charge in [0, 0.05) is 5.69 Å². The average molecular weight is 273 g/mol. The van der Waals surface area contributed by atoms with Crippen molar-refractivity contribution in [3.63, 3.8) is 0 Å². The van der Waals surface area contributed by atoms with E-state index in [1.54, 1.807) is 24.3 Å². The molecule has 94 valence electrons. The number of nitriles is 1. The van der Waals surface area contributed by atoms with Crippen LogP contribution in [0.3, 0.4) is 0 Å². The lowest BCUT2D eigenvalue weighted by Gasteiger charge is -2.04. The van der Waals surface area contributed by atoms with Gasteiger partial charge < -0.3 is 5.32 Å². The first kappa shape index (κ1) is 13.0. The van der Waals surface area contributed by atoms with E-state index >= 15 is 0 Å². The molecule has 5 nitrogen and oxygen atoms in total. The van der Waals surface area contributed by atoms with E-state index in [1.807, 2.05) is 0 Å². The molecular formula is C13H9ClN4O. The highest BCUT2D eigenvalue weighted by molar-refractivity contribution is 6.29. The zero-order valence-corrected chi connectivity index (χ0v) is 10.6. The molecule has 1 heterocycles. The van der Waals surface area contributed by atoms with E-state index in [9.17, 15) is 4.79 Å². The molecule has 19 heavy (non-hydrogen) atoms. The molecule has 0 aliphatic heterocycles. The summed E-state index contributed by atoms with van der Waals surface area (Å²) in [6.07, 6.45) is 0.344. The molecule has 0 spiro atoms. The van der Waals surface area contributed by atoms with Gasteiger partial charge in [0.05, 0.1) is 12.5 Å². The molecule has 6 heteroatoms. The van der Waals surface area contributed by atoms with Crippen molar-refractivity contribution in [3.8, 4) is 6.07 Å². The third kappa shape index (κ3) is 3.50. The molecule has 1 aromatic carbocycles. The van der Waals surface area contributed by atoms with Gasteiger partial charge in [0.25, 0.3) is 5.91 Å². The van der Waals surface area contributed by atoms with Crippen LogP contribution in [0, 0.1) is 11.3 Å². The van der Waals surface area contributed by atoms with Gasteiger partial charge >= 0.3 is 0 Å². The van der Waals surface area contributed by atoms with Crippen LogP contribution < -0.4 is 5.32 Å². The van der Waals surface area contributed by atoms with Crippen molar-refractivity contribution in [3.05, 3.63) is 52.8 Å². The van der Waals surface area contributed by atoms with Gasteiger partial charge in [-0.15, -0.1) is 10.2 Å². The predicted molar refractivity (Wildman–Crippen MR) is 70.8 cm³/mol. The summed E-state index contributed by atoms with van der Waals surface area (Å²) in [6, 6.07) is 12.1. The van der Waals surface area contributed by atoms with E-state index in [4.69, 9.17) is 16.9 Å². The first-order chi connectivity index (χ1) is 9.19. The molecule has 0 saturated heterocycles. The minimum atomic E-state index is -0.364. The molecule has 0 fully saturated rings. The van der Waals surface area contributed by atoms with Gasteiger partial charge in [0.2, 0.25) is 0 Å². The molecule has 0 aliphatic rings. The van der Waals surface area contributed by atoms with Crippen LogP contribution in [0.25, 0.3) is 0 Å². The summed E-state index contributed by atoms with van der Waals surface area (Å²) in [5, 5.41) is 18.8. The Balaban J connectivity index is 2.06. The summed E-state index contributed by atoms with van der Waals surface area (Å²) in [5.74, 6) is -0.364. The Hall–Kier alpha value is -2.45. The van der Waals surface area contributed by atoms with Gasteiger partial charge in [-0.3, -0.25) is 4.79 Å². The molecular weight excluding hydrogens is 264 g/mol. The van der Waals surface area contributed by atoms with Crippen LogP contribution in [-0.2, 0) is 6.42 Å². The van der Waals surface area contributed by atoms with Crippen LogP contribution in [0.5, 0.6) is 0 Å². The molecule has 0 saturated carbocycles. The fourth-order valence-electron chi connectivity index (χ4n) is 1.43. The molecule has 0 unspecified atom stereocenters. The maximum Gasteiger partial charge on any atom is 0.276 e. The lowest BCUT2D eigenvalue weighted by atomic mass is 10.1. The molecule has 1 amide bonds. The molecule has 0 radical (unpaired) electrons. The Morgan fingerprint density at radius 2 is 1.95 bits per heavy atom. The summed E-state index contributed by atoms with van der Waals surface area (Å²) >= 11 is 5.59. The number of nitrogens with one attached hydrogen (secondary N) is 1. The Kier molecular flexibility index (Phi) is 4.06. The average Bonchev–Trinajstić information content (AvgIpc) is 2.42. The van der Waals surface area contributed by atoms with Gasteiger partial charge in [-0.2, -0.15) is 5.26 Å². The molecule has 0 atom stereocenters. The van der Waals surface area contributed by atoms with E-state index in [-0.39, 0.29) is 16.8 Å². The van der Waals surface area contributed by atoms with E-state index in [2.05, 4.69) is 21.6 Å². The largest absolute Gasteiger partial charge is 0.321 e. The van der Waals surface area contributed by atoms with Crippen LogP contribution >= 0.6 is 11.6 Å². The number of rotatable bonds is 3. The molecule has 2 rings (SSSR count). The third-order valence-corrected chi connectivity index (χ3v) is 2.56. The molecule has 1 N–H and O–H groups in total. The SMILES string of the molecule is N#CCc1ccc(NC(=O)c2ccc(Cl)nn2)cc1. The number of hydrogen-bond acceptors (Lipinski definition) is 4. The van der Waals surface area contributed by atoms with Crippen molar-refractivity contribution in [2.45, 2.75) is 6.42 Å². The van der Waals surface area contributed by atoms with Gasteiger partial charge in [-0.1, -0.05) is 23.7 Å². The zero-order chi connectivity index (χ0) is 13.7. The number of anilines is 1. The van der Waals surface area contributed by atoms with Crippen LogP contribution in [0.4, 0.5) is 5.69 Å². The third-order valence-electron chi connectivity index (χ3n) is 2.36. The second-order valence-electron chi connectivity index (χ2n) is 3.73. The van der Waals surface area contributed by atoms with Gasteiger partial charge in [-0.05, 0) is 29.8 Å². The van der Waals surface area contributed by atoms with Crippen LogP contribution in [0.1, 0.15) is 16.1 Å². The van der Waals surface area contributed by atoms with Crippen LogP contribution in [0.15, 0.2) is 36.4 Å². The summed E-state index contributed by atoms with van der Waals surface area (Å²) < 4.78 is 0. The topological polar surface area (TPSA) is 78.7 Å². The quantitative estimate of drug-likeness (QED) is 0.931. The van der Waals surface area contributed by atoms with Crippen molar-refractivity contribution >= 4 is 23.2 Å². The minimum Gasteiger partial charge on any atom is -0.321 e. The van der Waals surface area contributed by atoms with Crippen molar-refractivity contribution in [2.75, 3.05) is 5.32 Å². The number of aromatic nitrogens is 2. The summed E-state index contributed by atoms with van der Waals surface area (Å²) in [6.45, 7) is 0. The number of halogens is 1. The highest BCUT2D eigenvalue weighted by Gasteiger charge is 2.08. The standard InChI is InChI=1S/C13H9ClN4O/c14-12-6-5-11(17-18-12)13(19)16-10-3-1-9(2-4-10)7-8-15/h1-6H,7H2,(H,16,19). The zero-order valence-electron chi connectivity index (χ0n) is 9.80. The number of amides is 1. The number of hydrogen-bond donors (Lipinski definition) is 1. The van der Waals surface area contributed by atoms with E-state index in [1.165, 1.54) is 12.1 Å². The van der Waals surface area contributed by atoms with E-state index in [0.717, 1.165) is 5.56 Å². The Bertz CT molecular complexity index is 617. The smallest absolute Gasteiger partial charge is 0.276 e. The monoisotopic (exact) mass is 272 g/mol. The molecule has 0 bridgehead atoms. The van der Waals surface area contributed by atoms with Gasteiger partial charge in [0.1, 0.15) is 0 Å². The Labute approximate surface area is 114 Å². The fourth-order valence-corrected chi connectivity index (χ4v) is 1.53. The number of carbonyl (C=O) groups excluding carboxylic acids is 1. The number of carbonyl (C=O) groups is 1. The second-order valence-corrected chi connectivity index (χ2v) is 4.11. The second kappa shape index (κ2) is 5.94. The first-order valence-electron chi connectivity index (χ1n) is 5.45. The highest BCUT2D eigenvalue weighted by Crippen LogP contribution is 2.11.